The summed E-state index contributed by atoms with van der Waals surface area (Å²) in [6, 6.07) is 9.55. The molecule has 0 saturated carbocycles. The number of carbonyl (C=O) groups is 1. The van der Waals surface area contributed by atoms with Gasteiger partial charge in [0, 0.05) is 12.1 Å². The average Bonchev–Trinajstić information content (AvgIpc) is 3.12. The van der Waals surface area contributed by atoms with Crippen LogP contribution >= 0.6 is 11.3 Å². The number of thiophene rings is 1. The number of benzene rings is 1. The second-order valence-corrected chi connectivity index (χ2v) is 6.02. The van der Waals surface area contributed by atoms with Crippen LogP contribution in [-0.4, -0.2) is 37.6 Å². The van der Waals surface area contributed by atoms with Gasteiger partial charge in [0.15, 0.2) is 0 Å². The minimum atomic E-state index is -0.0729. The Labute approximate surface area is 142 Å². The van der Waals surface area contributed by atoms with Gasteiger partial charge in [0.25, 0.3) is 5.91 Å². The molecule has 0 spiro atoms. The molecule has 1 atom stereocenters. The Morgan fingerprint density at radius 1 is 1.30 bits per heavy atom. The van der Waals surface area contributed by atoms with Gasteiger partial charge in [-0.1, -0.05) is 19.9 Å². The van der Waals surface area contributed by atoms with E-state index < -0.39 is 0 Å². The van der Waals surface area contributed by atoms with Crippen molar-refractivity contribution in [3.63, 3.8) is 0 Å². The van der Waals surface area contributed by atoms with E-state index in [1.807, 2.05) is 12.1 Å². The van der Waals surface area contributed by atoms with Crippen molar-refractivity contribution >= 4 is 17.2 Å². The van der Waals surface area contributed by atoms with Gasteiger partial charge in [-0.05, 0) is 53.7 Å². The summed E-state index contributed by atoms with van der Waals surface area (Å²) in [5, 5.41) is 7.29. The molecule has 1 heterocycles. The van der Waals surface area contributed by atoms with Crippen molar-refractivity contribution in [1.82, 2.24) is 10.2 Å². The summed E-state index contributed by atoms with van der Waals surface area (Å²) in [7, 11) is 1.60. The predicted octanol–water partition coefficient (Wildman–Crippen LogP) is 3.57. The molecule has 0 saturated heterocycles. The molecule has 4 nitrogen and oxygen atoms in total. The fourth-order valence-corrected chi connectivity index (χ4v) is 3.35. The Kier molecular flexibility index (Phi) is 6.62. The van der Waals surface area contributed by atoms with Crippen LogP contribution < -0.4 is 10.1 Å². The first kappa shape index (κ1) is 17.5. The number of hydrogen-bond acceptors (Lipinski definition) is 4. The highest BCUT2D eigenvalue weighted by molar-refractivity contribution is 7.07. The lowest BCUT2D eigenvalue weighted by molar-refractivity contribution is 0.0934. The number of ether oxygens (including phenoxy) is 1. The molecule has 1 unspecified atom stereocenters. The Bertz CT molecular complexity index is 609. The Morgan fingerprint density at radius 2 is 2.09 bits per heavy atom. The number of nitrogens with zero attached hydrogens (tertiary/aromatic N) is 1. The molecule has 2 aromatic rings. The lowest BCUT2D eigenvalue weighted by atomic mass is 10.1. The van der Waals surface area contributed by atoms with Gasteiger partial charge in [-0.3, -0.25) is 9.69 Å². The first-order chi connectivity index (χ1) is 11.2. The molecule has 23 heavy (non-hydrogen) atoms. The van der Waals surface area contributed by atoms with Crippen LogP contribution in [0.1, 0.15) is 35.8 Å². The van der Waals surface area contributed by atoms with Gasteiger partial charge in [-0.15, -0.1) is 0 Å². The molecule has 0 aliphatic carbocycles. The number of nitrogens with one attached hydrogen (secondary N) is 1. The highest BCUT2D eigenvalue weighted by atomic mass is 32.1. The molecule has 0 aliphatic rings. The fourth-order valence-electron chi connectivity index (χ4n) is 2.64. The minimum absolute atomic E-state index is 0.0729. The van der Waals surface area contributed by atoms with E-state index in [-0.39, 0.29) is 11.9 Å². The number of rotatable bonds is 8. The number of methoxy groups -OCH3 is 1. The number of carbonyl (C=O) groups excluding carboxylic acids is 1. The van der Waals surface area contributed by atoms with Crippen LogP contribution in [0.25, 0.3) is 0 Å². The van der Waals surface area contributed by atoms with Crippen LogP contribution in [0.15, 0.2) is 41.1 Å². The lowest BCUT2D eigenvalue weighted by Gasteiger charge is -2.29. The Morgan fingerprint density at radius 3 is 2.70 bits per heavy atom. The van der Waals surface area contributed by atoms with Gasteiger partial charge >= 0.3 is 0 Å². The zero-order valence-electron chi connectivity index (χ0n) is 13.9. The van der Waals surface area contributed by atoms with Crippen molar-refractivity contribution in [2.45, 2.75) is 19.9 Å². The topological polar surface area (TPSA) is 41.6 Å². The zero-order chi connectivity index (χ0) is 16.7. The van der Waals surface area contributed by atoms with Crippen LogP contribution in [0.3, 0.4) is 0 Å². The normalized spacial score (nSPS) is 12.2. The van der Waals surface area contributed by atoms with Crippen LogP contribution in [0.2, 0.25) is 0 Å². The van der Waals surface area contributed by atoms with Crippen LogP contribution in [0.5, 0.6) is 5.75 Å². The maximum atomic E-state index is 12.4. The maximum Gasteiger partial charge on any atom is 0.251 e. The number of amides is 1. The molecular formula is C18H24N2O2S. The zero-order valence-corrected chi connectivity index (χ0v) is 14.7. The molecule has 1 N–H and O–H groups in total. The second kappa shape index (κ2) is 8.70. The van der Waals surface area contributed by atoms with Crippen molar-refractivity contribution in [2.75, 3.05) is 26.7 Å². The van der Waals surface area contributed by atoms with Crippen molar-refractivity contribution in [2.24, 2.45) is 0 Å². The fraction of sp³-hybridized carbons (Fsp3) is 0.389. The highest BCUT2D eigenvalue weighted by Gasteiger charge is 2.19. The van der Waals surface area contributed by atoms with E-state index in [1.54, 1.807) is 30.6 Å². The minimum Gasteiger partial charge on any atom is -0.497 e. The van der Waals surface area contributed by atoms with Crippen molar-refractivity contribution < 1.29 is 9.53 Å². The standard InChI is InChI=1S/C18H24N2O2S/c1-4-20(5-2)17(15-9-10-23-13-15)12-19-18(21)14-7-6-8-16(11-14)22-3/h6-11,13,17H,4-5,12H2,1-3H3,(H,19,21). The molecule has 5 heteroatoms. The van der Waals surface area contributed by atoms with Crippen molar-refractivity contribution in [1.29, 1.82) is 0 Å². The van der Waals surface area contributed by atoms with Gasteiger partial charge in [0.05, 0.1) is 13.2 Å². The first-order valence-electron chi connectivity index (χ1n) is 7.88. The SMILES string of the molecule is CCN(CC)C(CNC(=O)c1cccc(OC)c1)c1ccsc1. The molecule has 0 fully saturated rings. The number of likely N-dealkylation sites (N-methyl/N-ethyl adjacent to an activating group) is 1. The van der Waals surface area contributed by atoms with E-state index in [1.165, 1.54) is 5.56 Å². The third-order valence-electron chi connectivity index (χ3n) is 3.97. The summed E-state index contributed by atoms with van der Waals surface area (Å²) in [4.78, 5) is 14.8. The van der Waals surface area contributed by atoms with E-state index in [4.69, 9.17) is 4.74 Å². The van der Waals surface area contributed by atoms with Gasteiger partial charge < -0.3 is 10.1 Å². The van der Waals surface area contributed by atoms with Gasteiger partial charge in [-0.25, -0.2) is 0 Å². The summed E-state index contributed by atoms with van der Waals surface area (Å²) >= 11 is 1.69. The van der Waals surface area contributed by atoms with Crippen LogP contribution in [0.4, 0.5) is 0 Å². The van der Waals surface area contributed by atoms with Crippen LogP contribution in [-0.2, 0) is 0 Å². The molecule has 0 aliphatic heterocycles. The molecular weight excluding hydrogens is 308 g/mol. The summed E-state index contributed by atoms with van der Waals surface area (Å²) in [6.45, 7) is 6.78. The smallest absolute Gasteiger partial charge is 0.251 e. The summed E-state index contributed by atoms with van der Waals surface area (Å²) < 4.78 is 5.18. The largest absolute Gasteiger partial charge is 0.497 e. The molecule has 1 aromatic heterocycles. The summed E-state index contributed by atoms with van der Waals surface area (Å²) in [6.07, 6.45) is 0. The molecule has 0 bridgehead atoms. The third-order valence-corrected chi connectivity index (χ3v) is 4.67. The molecule has 0 radical (unpaired) electrons. The molecule has 2 rings (SSSR count). The van der Waals surface area contributed by atoms with E-state index in [0.29, 0.717) is 17.9 Å². The average molecular weight is 332 g/mol. The van der Waals surface area contributed by atoms with Crippen LogP contribution in [0, 0.1) is 0 Å². The van der Waals surface area contributed by atoms with E-state index in [0.717, 1.165) is 13.1 Å². The third kappa shape index (κ3) is 4.56. The van der Waals surface area contributed by atoms with Gasteiger partial charge in [0.2, 0.25) is 0 Å². The van der Waals surface area contributed by atoms with Crippen molar-refractivity contribution in [3.05, 3.63) is 52.2 Å². The van der Waals surface area contributed by atoms with Gasteiger partial charge in [-0.2, -0.15) is 11.3 Å². The predicted molar refractivity (Wildman–Crippen MR) is 95.3 cm³/mol. The number of hydrogen-bond donors (Lipinski definition) is 1. The van der Waals surface area contributed by atoms with E-state index in [9.17, 15) is 4.79 Å². The first-order valence-corrected chi connectivity index (χ1v) is 8.82. The lowest BCUT2D eigenvalue weighted by Crippen LogP contribution is -2.37. The van der Waals surface area contributed by atoms with E-state index in [2.05, 4.69) is 40.9 Å². The summed E-state index contributed by atoms with van der Waals surface area (Å²) in [5.41, 5.74) is 1.87. The van der Waals surface area contributed by atoms with E-state index >= 15 is 0 Å². The maximum absolute atomic E-state index is 12.4. The summed E-state index contributed by atoms with van der Waals surface area (Å²) in [5.74, 6) is 0.618. The Balaban J connectivity index is 2.07. The molecule has 1 aromatic carbocycles. The monoisotopic (exact) mass is 332 g/mol. The molecule has 124 valence electrons. The Hall–Kier alpha value is -1.85. The highest BCUT2D eigenvalue weighted by Crippen LogP contribution is 2.22. The quantitative estimate of drug-likeness (QED) is 0.803. The van der Waals surface area contributed by atoms with Crippen molar-refractivity contribution in [3.8, 4) is 5.75 Å². The second-order valence-electron chi connectivity index (χ2n) is 5.24. The molecule has 1 amide bonds. The van der Waals surface area contributed by atoms with Gasteiger partial charge in [0.1, 0.15) is 5.75 Å².